The van der Waals surface area contributed by atoms with E-state index in [0.29, 0.717) is 11.6 Å². The molecule has 0 aliphatic carbocycles. The van der Waals surface area contributed by atoms with Crippen LogP contribution < -0.4 is 52.4 Å². The third kappa shape index (κ3) is 17.2. The lowest BCUT2D eigenvalue weighted by atomic mass is 9.33. The number of rotatable bonds is 14. The van der Waals surface area contributed by atoms with Crippen LogP contribution in [0.1, 0.15) is 105 Å². The van der Waals surface area contributed by atoms with Gasteiger partial charge in [0.1, 0.15) is 0 Å². The van der Waals surface area contributed by atoms with Crippen LogP contribution >= 0.6 is 0 Å². The molecule has 0 N–H and O–H groups in total. The van der Waals surface area contributed by atoms with Crippen LogP contribution in [0.2, 0.25) is 0 Å². The van der Waals surface area contributed by atoms with Gasteiger partial charge in [-0.2, -0.15) is 0 Å². The molecule has 20 aromatic carbocycles. The zero-order valence-electron chi connectivity index (χ0n) is 86.8. The number of benzene rings is 20. The summed E-state index contributed by atoms with van der Waals surface area (Å²) >= 11 is 0. The van der Waals surface area contributed by atoms with Crippen molar-refractivity contribution < 1.29 is 0 Å². The van der Waals surface area contributed by atoms with E-state index in [1.807, 2.05) is 0 Å². The highest BCUT2D eigenvalue weighted by atomic mass is 15.2. The van der Waals surface area contributed by atoms with E-state index in [9.17, 15) is 0 Å². The second-order valence-electron chi connectivity index (χ2n) is 44.5. The normalized spacial score (nSPS) is 12.9. The molecule has 0 fully saturated rings. The van der Waals surface area contributed by atoms with Gasteiger partial charge in [0.15, 0.2) is 11.6 Å². The molecule has 150 heavy (non-hydrogen) atoms. The monoisotopic (exact) mass is 1930 g/mol. The highest BCUT2D eigenvalue weighted by molar-refractivity contribution is 7.01. The van der Waals surface area contributed by atoms with E-state index >= 15 is 0 Å². The first-order valence-corrected chi connectivity index (χ1v) is 52.5. The van der Waals surface area contributed by atoms with Crippen molar-refractivity contribution in [3.63, 3.8) is 0 Å². The van der Waals surface area contributed by atoms with E-state index in [1.54, 1.807) is 0 Å². The summed E-state index contributed by atoms with van der Waals surface area (Å²) < 4.78 is 0. The van der Waals surface area contributed by atoms with Crippen molar-refractivity contribution in [2.24, 2.45) is 0 Å². The van der Waals surface area contributed by atoms with Gasteiger partial charge in [0.25, 0.3) is 13.4 Å². The standard InChI is InChI=1S/C72H69BN4.C68H45BN4/c1-69(2,3)52-40-53(70(4,5)6)43-56(42-52)76-62-34-32-49(46-24-16-13-17-25-46)36-59(62)73-60-37-50(47-26-18-14-19-27-47)33-35-63(60)77(57-44-54(71(7,8)9)41-55(45-57)72(10,11)12)65-39-51(38-64(76)66(65)73)68-74-61-31-23-22-30-58(61)67(75-68)48-28-20-15-21-29-48;1-6-18-46(19-7-1)50-30-36-56(37-31-50)72-62-40-34-53(48-22-10-3-11-23-48)42-59(62)69-60-43-54(49-24-12-4-13-25-49)35-41-63(60)73(57-38-32-51(33-39-57)47-20-8-2-9-21-47)65-45-55(44-64(72)66(65)69)68-70-61-29-17-16-28-58(61)67(71-68)52-26-14-5-15-27-52/h13-45H,1-12H3;1-45H. The summed E-state index contributed by atoms with van der Waals surface area (Å²) in [6.07, 6.45) is 0. The Hall–Kier alpha value is -17.6. The first kappa shape index (κ1) is 93.5. The molecule has 10 heteroatoms. The molecule has 4 aliphatic heterocycles. The van der Waals surface area contributed by atoms with E-state index < -0.39 is 0 Å². The zero-order valence-corrected chi connectivity index (χ0v) is 86.8. The van der Waals surface area contributed by atoms with Gasteiger partial charge in [-0.25, -0.2) is 19.9 Å². The summed E-state index contributed by atoms with van der Waals surface area (Å²) in [6.45, 7) is 27.8. The largest absolute Gasteiger partial charge is 0.311 e. The van der Waals surface area contributed by atoms with Gasteiger partial charge in [-0.3, -0.25) is 0 Å². The van der Waals surface area contributed by atoms with Crippen LogP contribution in [-0.2, 0) is 21.7 Å². The van der Waals surface area contributed by atoms with Crippen molar-refractivity contribution in [2.75, 3.05) is 19.6 Å². The molecule has 6 heterocycles. The molecule has 0 bridgehead atoms. The molecule has 26 rings (SSSR count). The SMILES string of the molecule is CC(C)(C)c1cc(N2c3ccc(-c4ccccc4)cc3B3c4cc(-c5ccccc5)ccc4N(c4cc(C(C)(C)C)cc(C(C)(C)C)c4)c4cc(-c5nc(-c6ccccc6)c6ccccc6n5)cc2c43)cc(C(C)(C)C)c1.c1ccc(-c2ccc(N3c4ccc(-c5ccccc5)cc4B4c5cc(-c6ccccc6)ccc5N(c5ccc(-c6ccccc6)cc5)c5cc(-c6nc(-c7ccccc7)c7ccccc7n6)cc3c54)cc2)cc1. The van der Waals surface area contributed by atoms with Crippen molar-refractivity contribution in [1.82, 2.24) is 19.9 Å². The maximum absolute atomic E-state index is 5.61. The summed E-state index contributed by atoms with van der Waals surface area (Å²) in [6, 6.07) is 173. The van der Waals surface area contributed by atoms with Gasteiger partial charge in [-0.1, -0.05) is 447 Å². The fraction of sp³-hybridized carbons (Fsp3) is 0.114. The quantitative estimate of drug-likeness (QED) is 0.0998. The average Bonchev–Trinajstić information content (AvgIpc) is 0.691. The van der Waals surface area contributed by atoms with Gasteiger partial charge in [0, 0.05) is 101 Å². The minimum absolute atomic E-state index is 0.116. The Labute approximate surface area is 881 Å². The van der Waals surface area contributed by atoms with E-state index in [2.05, 4.69) is 576 Å². The number of fused-ring (bicyclic) bond motifs is 10. The van der Waals surface area contributed by atoms with Crippen molar-refractivity contribution >= 4 is 136 Å². The van der Waals surface area contributed by atoms with Crippen molar-refractivity contribution in [1.29, 1.82) is 0 Å². The van der Waals surface area contributed by atoms with Gasteiger partial charge in [-0.05, 0) is 253 Å². The third-order valence-electron chi connectivity index (χ3n) is 30.7. The molecule has 0 atom stereocenters. The molecular weight excluding hydrogens is 1820 g/mol. The summed E-state index contributed by atoms with van der Waals surface area (Å²) in [5.74, 6) is 1.36. The lowest BCUT2D eigenvalue weighted by molar-refractivity contribution is 0.568. The van der Waals surface area contributed by atoms with E-state index in [-0.39, 0.29) is 35.1 Å². The smallest absolute Gasteiger partial charge is 0.252 e. The van der Waals surface area contributed by atoms with E-state index in [1.165, 1.54) is 122 Å². The topological polar surface area (TPSA) is 64.5 Å². The molecule has 22 aromatic rings. The van der Waals surface area contributed by atoms with Crippen LogP contribution in [0.15, 0.2) is 473 Å². The number of para-hydroxylation sites is 2. The van der Waals surface area contributed by atoms with Crippen LogP contribution in [0.3, 0.4) is 0 Å². The number of anilines is 12. The zero-order chi connectivity index (χ0) is 102. The van der Waals surface area contributed by atoms with Crippen LogP contribution in [0, 0.1) is 0 Å². The molecule has 0 amide bonds. The molecule has 0 radical (unpaired) electrons. The van der Waals surface area contributed by atoms with Crippen molar-refractivity contribution in [3.8, 4) is 112 Å². The second kappa shape index (κ2) is 37.4. The maximum atomic E-state index is 5.61. The van der Waals surface area contributed by atoms with Gasteiger partial charge >= 0.3 is 0 Å². The number of hydrogen-bond donors (Lipinski definition) is 0. The first-order valence-electron chi connectivity index (χ1n) is 52.5. The minimum Gasteiger partial charge on any atom is -0.311 e. The Bertz CT molecular complexity index is 8500. The number of aromatic nitrogens is 4. The maximum Gasteiger partial charge on any atom is 0.252 e. The fourth-order valence-corrected chi connectivity index (χ4v) is 22.7. The minimum atomic E-state index is -0.142. The predicted octanol–water partition coefficient (Wildman–Crippen LogP) is 33.3. The van der Waals surface area contributed by atoms with Crippen LogP contribution in [0.4, 0.5) is 68.2 Å². The summed E-state index contributed by atoms with van der Waals surface area (Å²) in [4.78, 5) is 32.2. The molecule has 2 aromatic heterocycles. The fourth-order valence-electron chi connectivity index (χ4n) is 22.7. The van der Waals surface area contributed by atoms with E-state index in [0.717, 1.165) is 124 Å². The molecule has 8 nitrogen and oxygen atoms in total. The molecule has 0 unspecified atom stereocenters. The Morgan fingerprint density at radius 2 is 0.380 bits per heavy atom. The number of hydrogen-bond acceptors (Lipinski definition) is 8. The number of nitrogens with zero attached hydrogens (tertiary/aromatic N) is 8. The lowest BCUT2D eigenvalue weighted by Crippen LogP contribution is -2.61. The van der Waals surface area contributed by atoms with Crippen LogP contribution in [0.25, 0.3) is 134 Å². The average molecular weight is 1930 g/mol. The Morgan fingerprint density at radius 3 is 0.633 bits per heavy atom. The first-order chi connectivity index (χ1) is 72.9. The summed E-state index contributed by atoms with van der Waals surface area (Å²) in [5, 5.41) is 2.04. The second-order valence-corrected chi connectivity index (χ2v) is 44.5. The summed E-state index contributed by atoms with van der Waals surface area (Å²) in [7, 11) is 0. The molecule has 4 aliphatic rings. The van der Waals surface area contributed by atoms with Crippen molar-refractivity contribution in [3.05, 3.63) is 495 Å². The van der Waals surface area contributed by atoms with Gasteiger partial charge < -0.3 is 19.6 Å². The molecular formula is C140H114B2N8. The Morgan fingerprint density at radius 1 is 0.167 bits per heavy atom. The lowest BCUT2D eigenvalue weighted by Gasteiger charge is -2.45. The predicted molar refractivity (Wildman–Crippen MR) is 636 cm³/mol. The molecule has 0 saturated heterocycles. The van der Waals surface area contributed by atoms with Gasteiger partial charge in [-0.15, -0.1) is 0 Å². The van der Waals surface area contributed by atoms with Crippen molar-refractivity contribution in [2.45, 2.75) is 105 Å². The highest BCUT2D eigenvalue weighted by Crippen LogP contribution is 2.53. The van der Waals surface area contributed by atoms with Gasteiger partial charge in [0.2, 0.25) is 0 Å². The molecule has 720 valence electrons. The summed E-state index contributed by atoms with van der Waals surface area (Å²) in [5.41, 5.74) is 47.5. The van der Waals surface area contributed by atoms with Crippen LogP contribution in [-0.4, -0.2) is 33.4 Å². The van der Waals surface area contributed by atoms with E-state index in [4.69, 9.17) is 19.9 Å². The highest BCUT2D eigenvalue weighted by Gasteiger charge is 2.48. The van der Waals surface area contributed by atoms with Crippen LogP contribution in [0.5, 0.6) is 0 Å². The van der Waals surface area contributed by atoms with Gasteiger partial charge in [0.05, 0.1) is 22.4 Å². The molecule has 0 saturated carbocycles. The Balaban J connectivity index is 0.000000155. The third-order valence-corrected chi connectivity index (χ3v) is 30.7. The molecule has 0 spiro atoms. The Kier molecular flexibility index (Phi) is 23.3.